The van der Waals surface area contributed by atoms with E-state index in [-0.39, 0.29) is 0 Å². The molecule has 0 aromatic heterocycles. The van der Waals surface area contributed by atoms with Crippen LogP contribution >= 0.6 is 0 Å². The van der Waals surface area contributed by atoms with E-state index in [9.17, 15) is 0 Å². The fraction of sp³-hybridized carbons (Fsp3) is 1.00. The number of ether oxygens (including phenoxy) is 1. The Morgan fingerprint density at radius 3 is 2.73 bits per heavy atom. The van der Waals surface area contributed by atoms with Crippen molar-refractivity contribution in [2.75, 3.05) is 39.4 Å². The van der Waals surface area contributed by atoms with Gasteiger partial charge in [0.05, 0.1) is 6.61 Å². The summed E-state index contributed by atoms with van der Waals surface area (Å²) in [5.41, 5.74) is 6.11. The van der Waals surface area contributed by atoms with Crippen molar-refractivity contribution in [1.82, 2.24) is 4.90 Å². The van der Waals surface area contributed by atoms with Crippen LogP contribution in [0.2, 0.25) is 0 Å². The van der Waals surface area contributed by atoms with Crippen molar-refractivity contribution in [1.29, 1.82) is 0 Å². The number of rotatable bonds is 6. The van der Waals surface area contributed by atoms with Gasteiger partial charge in [-0.25, -0.2) is 0 Å². The highest BCUT2D eigenvalue weighted by atomic mass is 16.5. The van der Waals surface area contributed by atoms with Gasteiger partial charge in [0.2, 0.25) is 0 Å². The zero-order chi connectivity index (χ0) is 11.3. The van der Waals surface area contributed by atoms with Crippen molar-refractivity contribution < 1.29 is 4.74 Å². The zero-order valence-electron chi connectivity index (χ0n) is 10.5. The molecule has 1 unspecified atom stereocenters. The molecule has 3 heteroatoms. The maximum absolute atomic E-state index is 5.77. The van der Waals surface area contributed by atoms with E-state index in [0.29, 0.717) is 11.3 Å². The van der Waals surface area contributed by atoms with Crippen molar-refractivity contribution in [3.63, 3.8) is 0 Å². The molecule has 1 aliphatic heterocycles. The maximum atomic E-state index is 5.77. The molecular formula is C12H26N2O. The molecule has 0 radical (unpaired) electrons. The van der Waals surface area contributed by atoms with Crippen molar-refractivity contribution in [2.24, 2.45) is 17.1 Å². The van der Waals surface area contributed by atoms with Crippen LogP contribution in [0.25, 0.3) is 0 Å². The van der Waals surface area contributed by atoms with Gasteiger partial charge in [-0.2, -0.15) is 0 Å². The average molecular weight is 214 g/mol. The van der Waals surface area contributed by atoms with Gasteiger partial charge in [-0.1, -0.05) is 20.8 Å². The Kier molecular flexibility index (Phi) is 5.03. The van der Waals surface area contributed by atoms with Gasteiger partial charge in [0, 0.05) is 19.7 Å². The molecule has 0 spiro atoms. The highest BCUT2D eigenvalue weighted by molar-refractivity contribution is 4.86. The van der Waals surface area contributed by atoms with Gasteiger partial charge < -0.3 is 15.4 Å². The van der Waals surface area contributed by atoms with Gasteiger partial charge in [-0.3, -0.25) is 0 Å². The fourth-order valence-electron chi connectivity index (χ4n) is 2.00. The summed E-state index contributed by atoms with van der Waals surface area (Å²) in [6.07, 6.45) is 1.23. The third kappa shape index (κ3) is 4.49. The van der Waals surface area contributed by atoms with Crippen molar-refractivity contribution >= 4 is 0 Å². The van der Waals surface area contributed by atoms with Gasteiger partial charge in [-0.05, 0) is 30.8 Å². The molecule has 0 aliphatic carbocycles. The van der Waals surface area contributed by atoms with E-state index in [4.69, 9.17) is 10.5 Å². The molecule has 1 heterocycles. The number of hydrogen-bond acceptors (Lipinski definition) is 3. The van der Waals surface area contributed by atoms with Gasteiger partial charge in [-0.15, -0.1) is 0 Å². The van der Waals surface area contributed by atoms with Crippen LogP contribution in [0.1, 0.15) is 27.2 Å². The standard InChI is InChI=1S/C12H26N2O/c1-11(2)8-15-7-6-14-5-4-12(3,9-13)10-14/h11H,4-10,13H2,1-3H3. The first-order valence-electron chi connectivity index (χ1n) is 6.06. The largest absolute Gasteiger partial charge is 0.380 e. The topological polar surface area (TPSA) is 38.5 Å². The van der Waals surface area contributed by atoms with Crippen LogP contribution in [-0.4, -0.2) is 44.3 Å². The first kappa shape index (κ1) is 12.9. The van der Waals surface area contributed by atoms with Gasteiger partial charge >= 0.3 is 0 Å². The van der Waals surface area contributed by atoms with E-state index in [2.05, 4.69) is 25.7 Å². The smallest absolute Gasteiger partial charge is 0.0593 e. The predicted octanol–water partition coefficient (Wildman–Crippen LogP) is 1.33. The Hall–Kier alpha value is -0.120. The Morgan fingerprint density at radius 1 is 1.47 bits per heavy atom. The first-order chi connectivity index (χ1) is 7.06. The lowest BCUT2D eigenvalue weighted by molar-refractivity contribution is 0.0888. The summed E-state index contributed by atoms with van der Waals surface area (Å²) in [5.74, 6) is 0.637. The molecule has 0 amide bonds. The molecule has 1 rings (SSSR count). The molecule has 15 heavy (non-hydrogen) atoms. The molecule has 1 saturated heterocycles. The van der Waals surface area contributed by atoms with Crippen LogP contribution in [0.15, 0.2) is 0 Å². The predicted molar refractivity (Wildman–Crippen MR) is 63.9 cm³/mol. The second-order valence-corrected chi connectivity index (χ2v) is 5.51. The molecule has 0 bridgehead atoms. The fourth-order valence-corrected chi connectivity index (χ4v) is 2.00. The maximum Gasteiger partial charge on any atom is 0.0593 e. The Balaban J connectivity index is 2.09. The number of likely N-dealkylation sites (tertiary alicyclic amines) is 1. The Morgan fingerprint density at radius 2 is 2.20 bits per heavy atom. The van der Waals surface area contributed by atoms with Crippen LogP contribution in [0, 0.1) is 11.3 Å². The quantitative estimate of drug-likeness (QED) is 0.678. The van der Waals surface area contributed by atoms with E-state index in [1.165, 1.54) is 13.0 Å². The second-order valence-electron chi connectivity index (χ2n) is 5.51. The van der Waals surface area contributed by atoms with Crippen molar-refractivity contribution in [3.05, 3.63) is 0 Å². The summed E-state index contributed by atoms with van der Waals surface area (Å²) in [6.45, 7) is 12.6. The average Bonchev–Trinajstić information content (AvgIpc) is 2.56. The molecule has 1 atom stereocenters. The molecular weight excluding hydrogens is 188 g/mol. The minimum Gasteiger partial charge on any atom is -0.380 e. The molecule has 1 fully saturated rings. The number of nitrogens with two attached hydrogens (primary N) is 1. The van der Waals surface area contributed by atoms with Crippen LogP contribution in [0.4, 0.5) is 0 Å². The summed E-state index contributed by atoms with van der Waals surface area (Å²) < 4.78 is 5.59. The highest BCUT2D eigenvalue weighted by Gasteiger charge is 2.31. The summed E-state index contributed by atoms with van der Waals surface area (Å²) in [4.78, 5) is 2.47. The van der Waals surface area contributed by atoms with Crippen molar-refractivity contribution in [3.8, 4) is 0 Å². The van der Waals surface area contributed by atoms with E-state index < -0.39 is 0 Å². The Labute approximate surface area is 94.0 Å². The van der Waals surface area contributed by atoms with Crippen LogP contribution in [0.3, 0.4) is 0 Å². The zero-order valence-corrected chi connectivity index (χ0v) is 10.5. The number of nitrogens with zero attached hydrogens (tertiary/aromatic N) is 1. The second kappa shape index (κ2) is 5.83. The van der Waals surface area contributed by atoms with E-state index in [1.54, 1.807) is 0 Å². The minimum atomic E-state index is 0.345. The van der Waals surface area contributed by atoms with Gasteiger partial charge in [0.15, 0.2) is 0 Å². The van der Waals surface area contributed by atoms with E-state index in [1.807, 2.05) is 0 Å². The SMILES string of the molecule is CC(C)COCCN1CCC(C)(CN)C1. The number of hydrogen-bond donors (Lipinski definition) is 1. The summed E-state index contributed by atoms with van der Waals surface area (Å²) in [6, 6.07) is 0. The van der Waals surface area contributed by atoms with Gasteiger partial charge in [0.25, 0.3) is 0 Å². The van der Waals surface area contributed by atoms with Crippen LogP contribution in [-0.2, 0) is 4.74 Å². The summed E-state index contributed by atoms with van der Waals surface area (Å²) >= 11 is 0. The normalized spacial score (nSPS) is 27.8. The summed E-state index contributed by atoms with van der Waals surface area (Å²) in [5, 5.41) is 0. The van der Waals surface area contributed by atoms with Crippen LogP contribution in [0.5, 0.6) is 0 Å². The lowest BCUT2D eigenvalue weighted by Gasteiger charge is -2.22. The molecule has 0 aromatic carbocycles. The highest BCUT2D eigenvalue weighted by Crippen LogP contribution is 2.27. The third-order valence-electron chi connectivity index (χ3n) is 3.13. The lowest BCUT2D eigenvalue weighted by atomic mass is 9.90. The minimum absolute atomic E-state index is 0.345. The van der Waals surface area contributed by atoms with Crippen molar-refractivity contribution in [2.45, 2.75) is 27.2 Å². The first-order valence-corrected chi connectivity index (χ1v) is 6.06. The third-order valence-corrected chi connectivity index (χ3v) is 3.13. The van der Waals surface area contributed by atoms with Crippen LogP contribution < -0.4 is 5.73 Å². The lowest BCUT2D eigenvalue weighted by Crippen LogP contribution is -2.32. The molecule has 2 N–H and O–H groups in total. The molecule has 0 aromatic rings. The summed E-state index contributed by atoms with van der Waals surface area (Å²) in [7, 11) is 0. The molecule has 3 nitrogen and oxygen atoms in total. The monoisotopic (exact) mass is 214 g/mol. The molecule has 0 saturated carbocycles. The van der Waals surface area contributed by atoms with E-state index >= 15 is 0 Å². The van der Waals surface area contributed by atoms with Gasteiger partial charge in [0.1, 0.15) is 0 Å². The Bertz CT molecular complexity index is 184. The van der Waals surface area contributed by atoms with E-state index in [0.717, 1.165) is 32.8 Å². The molecule has 1 aliphatic rings. The molecule has 90 valence electrons.